The Bertz CT molecular complexity index is 562. The Morgan fingerprint density at radius 3 is 2.85 bits per heavy atom. The van der Waals surface area contributed by atoms with Crippen LogP contribution in [0.5, 0.6) is 0 Å². The zero-order valence-electron chi connectivity index (χ0n) is 11.9. The second-order valence-corrected chi connectivity index (χ2v) is 7.53. The molecule has 112 valence electrons. The third-order valence-electron chi connectivity index (χ3n) is 3.63. The van der Waals surface area contributed by atoms with Gasteiger partial charge in [-0.25, -0.2) is 4.39 Å². The predicted molar refractivity (Wildman–Crippen MR) is 76.8 cm³/mol. The van der Waals surface area contributed by atoms with Gasteiger partial charge in [-0.15, -0.1) is 0 Å². The van der Waals surface area contributed by atoms with Gasteiger partial charge in [0.1, 0.15) is 5.82 Å². The molecule has 20 heavy (non-hydrogen) atoms. The molecule has 1 aromatic carbocycles. The fraction of sp³-hybridized carbons (Fsp3) is 0.571. The van der Waals surface area contributed by atoms with Crippen LogP contribution in [0.4, 0.5) is 4.39 Å². The molecule has 0 aromatic heterocycles. The normalized spacial score (nSPS) is 21.3. The van der Waals surface area contributed by atoms with Crippen molar-refractivity contribution in [2.45, 2.75) is 26.3 Å². The van der Waals surface area contributed by atoms with Crippen molar-refractivity contribution in [3.8, 4) is 0 Å². The van der Waals surface area contributed by atoms with Gasteiger partial charge in [0.05, 0.1) is 0 Å². The Morgan fingerprint density at radius 2 is 2.20 bits per heavy atom. The van der Waals surface area contributed by atoms with E-state index in [0.29, 0.717) is 24.6 Å². The molecule has 1 atom stereocenters. The zero-order chi connectivity index (χ0) is 14.8. The molecule has 1 saturated heterocycles. The highest BCUT2D eigenvalue weighted by Crippen LogP contribution is 2.21. The maximum atomic E-state index is 13.1. The molecule has 1 fully saturated rings. The number of rotatable bonds is 4. The van der Waals surface area contributed by atoms with Crippen LogP contribution in [0.15, 0.2) is 24.3 Å². The summed E-state index contributed by atoms with van der Waals surface area (Å²) in [6, 6.07) is 6.04. The van der Waals surface area contributed by atoms with Gasteiger partial charge >= 0.3 is 0 Å². The first-order valence-corrected chi connectivity index (χ1v) is 8.25. The highest BCUT2D eigenvalue weighted by Gasteiger charge is 2.30. The van der Waals surface area contributed by atoms with Crippen molar-refractivity contribution in [2.24, 2.45) is 5.92 Å². The highest BCUT2D eigenvalue weighted by molar-refractivity contribution is 7.86. The van der Waals surface area contributed by atoms with Crippen molar-refractivity contribution in [2.75, 3.05) is 20.1 Å². The van der Waals surface area contributed by atoms with E-state index in [4.69, 9.17) is 0 Å². The molecule has 0 bridgehead atoms. The molecule has 1 aliphatic rings. The first-order valence-electron chi connectivity index (χ1n) is 6.85. The van der Waals surface area contributed by atoms with Crippen LogP contribution in [0, 0.1) is 11.7 Å². The van der Waals surface area contributed by atoms with E-state index in [1.54, 1.807) is 19.2 Å². The maximum Gasteiger partial charge on any atom is 0.282 e. The molecule has 0 saturated carbocycles. The lowest BCUT2D eigenvalue weighted by atomic mass is 10.0. The van der Waals surface area contributed by atoms with Gasteiger partial charge in [-0.2, -0.15) is 17.0 Å². The van der Waals surface area contributed by atoms with Crippen LogP contribution >= 0.6 is 0 Å². The highest BCUT2D eigenvalue weighted by atomic mass is 32.2. The quantitative estimate of drug-likeness (QED) is 0.855. The topological polar surface area (TPSA) is 40.6 Å². The molecular weight excluding hydrogens is 279 g/mol. The van der Waals surface area contributed by atoms with E-state index in [2.05, 4.69) is 6.92 Å². The van der Waals surface area contributed by atoms with Gasteiger partial charge in [-0.3, -0.25) is 0 Å². The third kappa shape index (κ3) is 3.56. The average Bonchev–Trinajstić information content (AvgIpc) is 2.38. The fourth-order valence-electron chi connectivity index (χ4n) is 2.53. The van der Waals surface area contributed by atoms with Crippen molar-refractivity contribution < 1.29 is 12.8 Å². The minimum Gasteiger partial charge on any atom is -0.207 e. The summed E-state index contributed by atoms with van der Waals surface area (Å²) in [4.78, 5) is 0. The lowest BCUT2D eigenvalue weighted by molar-refractivity contribution is 0.263. The molecule has 0 radical (unpaired) electrons. The summed E-state index contributed by atoms with van der Waals surface area (Å²) in [6.07, 6.45) is 1.97. The molecule has 6 heteroatoms. The van der Waals surface area contributed by atoms with Crippen molar-refractivity contribution in [1.82, 2.24) is 8.61 Å². The SMILES string of the molecule is CC1CCCN(S(=O)(=O)N(C)Cc2cccc(F)c2)C1. The summed E-state index contributed by atoms with van der Waals surface area (Å²) < 4.78 is 40.9. The Hall–Kier alpha value is -0.980. The zero-order valence-corrected chi connectivity index (χ0v) is 12.7. The molecule has 0 aliphatic carbocycles. The molecule has 0 N–H and O–H groups in total. The molecule has 1 aromatic rings. The van der Waals surface area contributed by atoms with E-state index in [1.807, 2.05) is 0 Å². The Morgan fingerprint density at radius 1 is 1.45 bits per heavy atom. The van der Waals surface area contributed by atoms with Gasteiger partial charge < -0.3 is 0 Å². The molecule has 1 unspecified atom stereocenters. The van der Waals surface area contributed by atoms with Gasteiger partial charge in [-0.05, 0) is 36.5 Å². The number of halogens is 1. The number of benzene rings is 1. The molecule has 1 heterocycles. The van der Waals surface area contributed by atoms with Gasteiger partial charge in [-0.1, -0.05) is 19.1 Å². The number of hydrogen-bond acceptors (Lipinski definition) is 2. The van der Waals surface area contributed by atoms with Crippen molar-refractivity contribution in [1.29, 1.82) is 0 Å². The fourth-order valence-corrected chi connectivity index (χ4v) is 4.04. The van der Waals surface area contributed by atoms with Gasteiger partial charge in [0.2, 0.25) is 0 Å². The summed E-state index contributed by atoms with van der Waals surface area (Å²) in [5, 5.41) is 0. The molecule has 2 rings (SSSR count). The predicted octanol–water partition coefficient (Wildman–Crippen LogP) is 2.23. The number of hydrogen-bond donors (Lipinski definition) is 0. The lowest BCUT2D eigenvalue weighted by Crippen LogP contribution is -2.46. The summed E-state index contributed by atoms with van der Waals surface area (Å²) in [6.45, 7) is 3.38. The van der Waals surface area contributed by atoms with Crippen molar-refractivity contribution in [3.63, 3.8) is 0 Å². The Balaban J connectivity index is 2.09. The monoisotopic (exact) mass is 300 g/mol. The summed E-state index contributed by atoms with van der Waals surface area (Å²) in [5.74, 6) is 0.0426. The van der Waals surface area contributed by atoms with Crippen molar-refractivity contribution in [3.05, 3.63) is 35.6 Å². The molecule has 4 nitrogen and oxygen atoms in total. The van der Waals surface area contributed by atoms with Crippen LogP contribution in [0.1, 0.15) is 25.3 Å². The van der Waals surface area contributed by atoms with Crippen molar-refractivity contribution >= 4 is 10.2 Å². The van der Waals surface area contributed by atoms with Crippen LogP contribution in [0.3, 0.4) is 0 Å². The standard InChI is InChI=1S/C14H21FN2O2S/c1-12-5-4-8-17(10-12)20(18,19)16(2)11-13-6-3-7-14(15)9-13/h3,6-7,9,12H,4-5,8,10-11H2,1-2H3. The summed E-state index contributed by atoms with van der Waals surface area (Å²) in [5.41, 5.74) is 0.654. The second kappa shape index (κ2) is 6.20. The lowest BCUT2D eigenvalue weighted by Gasteiger charge is -2.33. The third-order valence-corrected chi connectivity index (χ3v) is 5.54. The van der Waals surface area contributed by atoms with E-state index >= 15 is 0 Å². The van der Waals surface area contributed by atoms with Crippen LogP contribution in [0.2, 0.25) is 0 Å². The van der Waals surface area contributed by atoms with Crippen LogP contribution in [-0.4, -0.2) is 37.2 Å². The van der Waals surface area contributed by atoms with E-state index in [1.165, 1.54) is 20.7 Å². The largest absolute Gasteiger partial charge is 0.282 e. The molecule has 1 aliphatic heterocycles. The van der Waals surface area contributed by atoms with E-state index in [0.717, 1.165) is 12.8 Å². The molecule has 0 spiro atoms. The average molecular weight is 300 g/mol. The van der Waals surface area contributed by atoms with Crippen LogP contribution < -0.4 is 0 Å². The Kier molecular flexibility index (Phi) is 4.78. The smallest absolute Gasteiger partial charge is 0.207 e. The van der Waals surface area contributed by atoms with Gasteiger partial charge in [0, 0.05) is 26.7 Å². The summed E-state index contributed by atoms with van der Waals surface area (Å²) in [7, 11) is -1.92. The minimum atomic E-state index is -3.46. The Labute approximate surface area is 120 Å². The molecule has 0 amide bonds. The van der Waals surface area contributed by atoms with E-state index < -0.39 is 10.2 Å². The molecular formula is C14H21FN2O2S. The minimum absolute atomic E-state index is 0.185. The van der Waals surface area contributed by atoms with E-state index in [9.17, 15) is 12.8 Å². The first-order chi connectivity index (χ1) is 9.39. The maximum absolute atomic E-state index is 13.1. The first kappa shape index (κ1) is 15.4. The van der Waals surface area contributed by atoms with Crippen LogP contribution in [0.25, 0.3) is 0 Å². The second-order valence-electron chi connectivity index (χ2n) is 5.50. The van der Waals surface area contributed by atoms with Gasteiger partial charge in [0.15, 0.2) is 0 Å². The van der Waals surface area contributed by atoms with Crippen LogP contribution in [-0.2, 0) is 16.8 Å². The summed E-state index contributed by atoms with van der Waals surface area (Å²) >= 11 is 0. The van der Waals surface area contributed by atoms with E-state index in [-0.39, 0.29) is 12.4 Å². The number of piperidine rings is 1. The van der Waals surface area contributed by atoms with Gasteiger partial charge in [0.25, 0.3) is 10.2 Å². The number of nitrogens with zero attached hydrogens (tertiary/aromatic N) is 2.